The van der Waals surface area contributed by atoms with E-state index >= 15 is 0 Å². The predicted molar refractivity (Wildman–Crippen MR) is 71.8 cm³/mol. The smallest absolute Gasteiger partial charge is 0.166 e. The minimum absolute atomic E-state index is 0.241. The number of nitrogens with two attached hydrogens (primary N) is 1. The van der Waals surface area contributed by atoms with Gasteiger partial charge < -0.3 is 10.5 Å². The highest BCUT2D eigenvalue weighted by molar-refractivity contribution is 9.10. The molecule has 2 aromatic rings. The summed E-state index contributed by atoms with van der Waals surface area (Å²) in [6, 6.07) is 8.17. The maximum Gasteiger partial charge on any atom is 0.166 e. The van der Waals surface area contributed by atoms with Crippen LogP contribution in [0.1, 0.15) is 11.3 Å². The number of anilines is 1. The molecule has 0 amide bonds. The molecule has 1 aromatic heterocycles. The quantitative estimate of drug-likeness (QED) is 0.944. The van der Waals surface area contributed by atoms with Crippen molar-refractivity contribution in [3.8, 4) is 5.75 Å². The zero-order valence-electron chi connectivity index (χ0n) is 9.78. The fourth-order valence-electron chi connectivity index (χ4n) is 1.54. The zero-order chi connectivity index (χ0) is 13.1. The molecule has 2 rings (SSSR count). The summed E-state index contributed by atoms with van der Waals surface area (Å²) in [6.07, 6.45) is 0. The Balaban J connectivity index is 2.11. The van der Waals surface area contributed by atoms with E-state index in [4.69, 9.17) is 10.5 Å². The van der Waals surface area contributed by atoms with Gasteiger partial charge in [0.15, 0.2) is 11.6 Å². The standard InChI is InChI=1S/C13H12BrFN2O/c1-8-2-3-12(13(16)17-8)18-7-9-4-10(14)6-11(15)5-9/h2-6H,7H2,1H3,(H2,16,17). The normalized spacial score (nSPS) is 10.4. The van der Waals surface area contributed by atoms with Crippen LogP contribution >= 0.6 is 15.9 Å². The van der Waals surface area contributed by atoms with E-state index in [1.165, 1.54) is 12.1 Å². The molecule has 0 aliphatic heterocycles. The van der Waals surface area contributed by atoms with Gasteiger partial charge in [-0.3, -0.25) is 0 Å². The van der Waals surface area contributed by atoms with Gasteiger partial charge in [-0.25, -0.2) is 9.37 Å². The number of hydrogen-bond acceptors (Lipinski definition) is 3. The minimum Gasteiger partial charge on any atom is -0.485 e. The summed E-state index contributed by atoms with van der Waals surface area (Å²) in [4.78, 5) is 4.09. The number of pyridine rings is 1. The number of nitrogens with zero attached hydrogens (tertiary/aromatic N) is 1. The van der Waals surface area contributed by atoms with Crippen LogP contribution in [0.2, 0.25) is 0 Å². The first-order valence-electron chi connectivity index (χ1n) is 5.35. The first kappa shape index (κ1) is 12.8. The zero-order valence-corrected chi connectivity index (χ0v) is 11.4. The van der Waals surface area contributed by atoms with Gasteiger partial charge in [-0.1, -0.05) is 15.9 Å². The molecule has 0 spiro atoms. The number of nitrogen functional groups attached to an aromatic ring is 1. The van der Waals surface area contributed by atoms with E-state index in [0.29, 0.717) is 16.0 Å². The highest BCUT2D eigenvalue weighted by Gasteiger charge is 2.04. The number of rotatable bonds is 3. The summed E-state index contributed by atoms with van der Waals surface area (Å²) in [5, 5.41) is 0. The monoisotopic (exact) mass is 310 g/mol. The molecule has 3 nitrogen and oxygen atoms in total. The Hall–Kier alpha value is -1.62. The van der Waals surface area contributed by atoms with E-state index in [1.807, 2.05) is 13.0 Å². The van der Waals surface area contributed by atoms with Crippen LogP contribution < -0.4 is 10.5 Å². The van der Waals surface area contributed by atoms with Crippen molar-refractivity contribution >= 4 is 21.7 Å². The molecule has 1 aromatic carbocycles. The van der Waals surface area contributed by atoms with Gasteiger partial charge in [-0.15, -0.1) is 0 Å². The summed E-state index contributed by atoms with van der Waals surface area (Å²) in [7, 11) is 0. The molecule has 1 heterocycles. The third-order valence-corrected chi connectivity index (χ3v) is 2.80. The van der Waals surface area contributed by atoms with Crippen LogP contribution in [0.5, 0.6) is 5.75 Å². The van der Waals surface area contributed by atoms with Crippen LogP contribution in [0.3, 0.4) is 0 Å². The molecule has 18 heavy (non-hydrogen) atoms. The Kier molecular flexibility index (Phi) is 3.81. The summed E-state index contributed by atoms with van der Waals surface area (Å²) in [6.45, 7) is 2.09. The van der Waals surface area contributed by atoms with Gasteiger partial charge >= 0.3 is 0 Å². The van der Waals surface area contributed by atoms with Crippen molar-refractivity contribution < 1.29 is 9.13 Å². The van der Waals surface area contributed by atoms with E-state index in [0.717, 1.165) is 11.3 Å². The SMILES string of the molecule is Cc1ccc(OCc2cc(F)cc(Br)c2)c(N)n1. The average Bonchev–Trinajstić information content (AvgIpc) is 2.26. The van der Waals surface area contributed by atoms with Crippen LogP contribution in [0.25, 0.3) is 0 Å². The Morgan fingerprint density at radius 1 is 1.33 bits per heavy atom. The second-order valence-corrected chi connectivity index (χ2v) is 4.82. The molecule has 0 fully saturated rings. The van der Waals surface area contributed by atoms with Gasteiger partial charge in [0.2, 0.25) is 0 Å². The third-order valence-electron chi connectivity index (χ3n) is 2.34. The Labute approximate surface area is 113 Å². The van der Waals surface area contributed by atoms with Gasteiger partial charge in [0, 0.05) is 10.2 Å². The lowest BCUT2D eigenvalue weighted by molar-refractivity contribution is 0.306. The molecule has 0 radical (unpaired) electrons. The van der Waals surface area contributed by atoms with E-state index in [-0.39, 0.29) is 12.4 Å². The molecular formula is C13H12BrFN2O. The lowest BCUT2D eigenvalue weighted by atomic mass is 10.2. The molecule has 0 bridgehead atoms. The van der Waals surface area contributed by atoms with Gasteiger partial charge in [-0.2, -0.15) is 0 Å². The number of benzene rings is 1. The summed E-state index contributed by atoms with van der Waals surface area (Å²) in [5.74, 6) is 0.532. The lowest BCUT2D eigenvalue weighted by Crippen LogP contribution is -2.01. The van der Waals surface area contributed by atoms with Gasteiger partial charge in [0.1, 0.15) is 12.4 Å². The molecule has 0 atom stereocenters. The first-order chi connectivity index (χ1) is 8.54. The maximum absolute atomic E-state index is 13.2. The molecular weight excluding hydrogens is 299 g/mol. The van der Waals surface area contributed by atoms with Crippen molar-refractivity contribution in [1.29, 1.82) is 0 Å². The molecule has 0 unspecified atom stereocenters. The Bertz CT molecular complexity index is 555. The fourth-order valence-corrected chi connectivity index (χ4v) is 2.05. The average molecular weight is 311 g/mol. The first-order valence-corrected chi connectivity index (χ1v) is 6.15. The Morgan fingerprint density at radius 2 is 2.11 bits per heavy atom. The number of hydrogen-bond donors (Lipinski definition) is 1. The molecule has 0 aliphatic rings. The molecule has 0 saturated carbocycles. The van der Waals surface area contributed by atoms with Crippen LogP contribution in [0.15, 0.2) is 34.8 Å². The van der Waals surface area contributed by atoms with E-state index in [9.17, 15) is 4.39 Å². The number of ether oxygens (including phenoxy) is 1. The van der Waals surface area contributed by atoms with Gasteiger partial charge in [-0.05, 0) is 42.8 Å². The molecule has 0 saturated heterocycles. The topological polar surface area (TPSA) is 48.1 Å². The van der Waals surface area contributed by atoms with Crippen LogP contribution in [0, 0.1) is 12.7 Å². The van der Waals surface area contributed by atoms with Crippen molar-refractivity contribution in [3.05, 3.63) is 51.9 Å². The highest BCUT2D eigenvalue weighted by atomic mass is 79.9. The summed E-state index contributed by atoms with van der Waals surface area (Å²) >= 11 is 3.23. The molecule has 5 heteroatoms. The summed E-state index contributed by atoms with van der Waals surface area (Å²) in [5.41, 5.74) is 7.28. The van der Waals surface area contributed by atoms with Crippen LogP contribution in [-0.2, 0) is 6.61 Å². The van der Waals surface area contributed by atoms with E-state index in [2.05, 4.69) is 20.9 Å². The van der Waals surface area contributed by atoms with Crippen molar-refractivity contribution in [2.45, 2.75) is 13.5 Å². The van der Waals surface area contributed by atoms with E-state index in [1.54, 1.807) is 12.1 Å². The van der Waals surface area contributed by atoms with Crippen molar-refractivity contribution in [3.63, 3.8) is 0 Å². The number of aryl methyl sites for hydroxylation is 1. The van der Waals surface area contributed by atoms with Crippen LogP contribution in [-0.4, -0.2) is 4.98 Å². The lowest BCUT2D eigenvalue weighted by Gasteiger charge is -2.09. The Morgan fingerprint density at radius 3 is 2.78 bits per heavy atom. The fraction of sp³-hybridized carbons (Fsp3) is 0.154. The maximum atomic E-state index is 13.2. The van der Waals surface area contributed by atoms with Crippen LogP contribution in [0.4, 0.5) is 10.2 Å². The highest BCUT2D eigenvalue weighted by Crippen LogP contribution is 2.21. The van der Waals surface area contributed by atoms with E-state index < -0.39 is 0 Å². The van der Waals surface area contributed by atoms with Crippen molar-refractivity contribution in [2.75, 3.05) is 5.73 Å². The second kappa shape index (κ2) is 5.35. The molecule has 2 N–H and O–H groups in total. The summed E-state index contributed by atoms with van der Waals surface area (Å²) < 4.78 is 19.4. The minimum atomic E-state index is -0.307. The van der Waals surface area contributed by atoms with Crippen molar-refractivity contribution in [2.24, 2.45) is 0 Å². The van der Waals surface area contributed by atoms with Crippen molar-refractivity contribution in [1.82, 2.24) is 4.98 Å². The van der Waals surface area contributed by atoms with Gasteiger partial charge in [0.05, 0.1) is 0 Å². The largest absolute Gasteiger partial charge is 0.485 e. The molecule has 94 valence electrons. The molecule has 0 aliphatic carbocycles. The van der Waals surface area contributed by atoms with Gasteiger partial charge in [0.25, 0.3) is 0 Å². The second-order valence-electron chi connectivity index (χ2n) is 3.90. The number of aromatic nitrogens is 1. The predicted octanol–water partition coefficient (Wildman–Crippen LogP) is 3.45. The number of halogens is 2. The third kappa shape index (κ3) is 3.20.